The van der Waals surface area contributed by atoms with Crippen LogP contribution in [0.3, 0.4) is 0 Å². The zero-order chi connectivity index (χ0) is 16.7. The molecule has 114 valence electrons. The number of benzene rings is 2. The molecule has 4 aromatic rings. The van der Waals surface area contributed by atoms with Crippen molar-refractivity contribution in [2.45, 2.75) is 0 Å². The van der Waals surface area contributed by atoms with E-state index in [9.17, 15) is 10.1 Å². The maximum absolute atomic E-state index is 12.8. The molecule has 24 heavy (non-hydrogen) atoms. The van der Waals surface area contributed by atoms with Crippen molar-refractivity contribution in [1.82, 2.24) is 4.57 Å². The molecular formula is C19H11N3O2. The smallest absolute Gasteiger partial charge is 0.217 e. The van der Waals surface area contributed by atoms with Crippen molar-refractivity contribution in [2.24, 2.45) is 0 Å². The highest BCUT2D eigenvalue weighted by Gasteiger charge is 2.15. The van der Waals surface area contributed by atoms with Crippen molar-refractivity contribution >= 4 is 22.1 Å². The average molecular weight is 313 g/mol. The number of pyridine rings is 1. The summed E-state index contributed by atoms with van der Waals surface area (Å²) in [6, 6.07) is 19.5. The van der Waals surface area contributed by atoms with Crippen LogP contribution in [0.15, 0.2) is 69.9 Å². The van der Waals surface area contributed by atoms with Gasteiger partial charge in [-0.05, 0) is 30.3 Å². The maximum Gasteiger partial charge on any atom is 0.217 e. The van der Waals surface area contributed by atoms with Crippen molar-refractivity contribution in [3.8, 4) is 11.8 Å². The van der Waals surface area contributed by atoms with Crippen molar-refractivity contribution < 1.29 is 4.42 Å². The Labute approximate surface area is 136 Å². The third-order valence-corrected chi connectivity index (χ3v) is 3.92. The summed E-state index contributed by atoms with van der Waals surface area (Å²) in [5.41, 5.74) is 1.25. The summed E-state index contributed by atoms with van der Waals surface area (Å²) in [4.78, 5) is 12.8. The molecule has 0 atom stereocenters. The second-order valence-electron chi connectivity index (χ2n) is 5.34. The first kappa shape index (κ1) is 14.0. The fourth-order valence-corrected chi connectivity index (χ4v) is 2.78. The minimum atomic E-state index is -0.215. The van der Waals surface area contributed by atoms with E-state index in [1.807, 2.05) is 24.3 Å². The van der Waals surface area contributed by atoms with Crippen molar-refractivity contribution in [3.63, 3.8) is 0 Å². The number of para-hydroxylation sites is 2. The van der Waals surface area contributed by atoms with Gasteiger partial charge in [-0.1, -0.05) is 30.3 Å². The summed E-state index contributed by atoms with van der Waals surface area (Å²) < 4.78 is 7.41. The second kappa shape index (κ2) is 5.21. The number of hydrogen-bond acceptors (Lipinski definition) is 4. The van der Waals surface area contributed by atoms with Crippen LogP contribution in [-0.2, 0) is 0 Å². The number of nitrogens with zero attached hydrogens (tertiary/aromatic N) is 2. The fourth-order valence-electron chi connectivity index (χ4n) is 2.78. The highest BCUT2D eigenvalue weighted by molar-refractivity contribution is 5.89. The molecule has 0 radical (unpaired) electrons. The van der Waals surface area contributed by atoms with E-state index >= 15 is 0 Å². The molecule has 5 nitrogen and oxygen atoms in total. The summed E-state index contributed by atoms with van der Waals surface area (Å²) in [6.07, 6.45) is 0. The van der Waals surface area contributed by atoms with Crippen molar-refractivity contribution in [1.29, 1.82) is 10.7 Å². The molecule has 0 unspecified atom stereocenters. The Kier molecular flexibility index (Phi) is 3.04. The van der Waals surface area contributed by atoms with Crippen LogP contribution in [0.2, 0.25) is 0 Å². The summed E-state index contributed by atoms with van der Waals surface area (Å²) in [5, 5.41) is 18.4. The Balaban J connectivity index is 2.30. The van der Waals surface area contributed by atoms with E-state index in [-0.39, 0.29) is 27.6 Å². The minimum absolute atomic E-state index is 0.0189. The third-order valence-electron chi connectivity index (χ3n) is 3.92. The van der Waals surface area contributed by atoms with Crippen LogP contribution in [-0.4, -0.2) is 4.57 Å². The van der Waals surface area contributed by atoms with Crippen LogP contribution >= 0.6 is 0 Å². The van der Waals surface area contributed by atoms with Gasteiger partial charge < -0.3 is 4.42 Å². The minimum Gasteiger partial charge on any atom is -0.439 e. The summed E-state index contributed by atoms with van der Waals surface area (Å²) in [6.45, 7) is 0. The van der Waals surface area contributed by atoms with Crippen LogP contribution in [0.1, 0.15) is 5.56 Å². The summed E-state index contributed by atoms with van der Waals surface area (Å²) >= 11 is 0. The topological polar surface area (TPSA) is 82.8 Å². The number of aromatic nitrogens is 1. The Morgan fingerprint density at radius 2 is 1.71 bits per heavy atom. The molecule has 0 aliphatic carbocycles. The Morgan fingerprint density at radius 3 is 2.46 bits per heavy atom. The third kappa shape index (κ3) is 1.94. The molecule has 0 spiro atoms. The summed E-state index contributed by atoms with van der Waals surface area (Å²) in [5.74, 6) is 0. The molecule has 2 aromatic heterocycles. The van der Waals surface area contributed by atoms with Crippen LogP contribution < -0.4 is 10.9 Å². The van der Waals surface area contributed by atoms with Gasteiger partial charge >= 0.3 is 0 Å². The van der Waals surface area contributed by atoms with Crippen LogP contribution in [0, 0.1) is 16.7 Å². The van der Waals surface area contributed by atoms with Crippen LogP contribution in [0.25, 0.3) is 27.8 Å². The number of hydrogen-bond donors (Lipinski definition) is 1. The normalized spacial score (nSPS) is 10.8. The van der Waals surface area contributed by atoms with Gasteiger partial charge in [0.25, 0.3) is 0 Å². The number of nitriles is 1. The maximum atomic E-state index is 12.8. The Morgan fingerprint density at radius 1 is 1.00 bits per heavy atom. The lowest BCUT2D eigenvalue weighted by molar-refractivity contribution is 0.624. The lowest BCUT2D eigenvalue weighted by atomic mass is 10.1. The van der Waals surface area contributed by atoms with E-state index in [4.69, 9.17) is 9.83 Å². The SMILES string of the molecule is N#Cc1cc2c(=O)c3ccccc3oc2n(-c2ccccc2)c1=N. The largest absolute Gasteiger partial charge is 0.439 e. The molecule has 5 heteroatoms. The van der Waals surface area contributed by atoms with Crippen molar-refractivity contribution in [3.05, 3.63) is 81.9 Å². The van der Waals surface area contributed by atoms with E-state index < -0.39 is 0 Å². The Bertz CT molecular complexity index is 1250. The number of fused-ring (bicyclic) bond motifs is 2. The average Bonchev–Trinajstić information content (AvgIpc) is 2.62. The van der Waals surface area contributed by atoms with Gasteiger partial charge in [-0.2, -0.15) is 5.26 Å². The number of nitrogens with one attached hydrogen (secondary N) is 1. The van der Waals surface area contributed by atoms with E-state index in [2.05, 4.69) is 0 Å². The molecule has 2 aromatic carbocycles. The standard InChI is InChI=1S/C19H11N3O2/c20-11-12-10-15-17(23)14-8-4-5-9-16(14)24-19(15)22(18(12)21)13-6-2-1-3-7-13/h1-10,21H. The molecule has 1 N–H and O–H groups in total. The number of rotatable bonds is 1. The van der Waals surface area contributed by atoms with E-state index in [0.717, 1.165) is 0 Å². The zero-order valence-electron chi connectivity index (χ0n) is 12.5. The second-order valence-corrected chi connectivity index (χ2v) is 5.34. The monoisotopic (exact) mass is 313 g/mol. The van der Waals surface area contributed by atoms with Gasteiger partial charge in [-0.3, -0.25) is 14.8 Å². The van der Waals surface area contributed by atoms with Gasteiger partial charge in [0, 0.05) is 0 Å². The molecule has 4 rings (SSSR count). The molecule has 0 aliphatic rings. The lowest BCUT2D eigenvalue weighted by Gasteiger charge is -2.12. The van der Waals surface area contributed by atoms with Gasteiger partial charge in [0.15, 0.2) is 0 Å². The van der Waals surface area contributed by atoms with Crippen LogP contribution in [0.4, 0.5) is 0 Å². The summed E-state index contributed by atoms with van der Waals surface area (Å²) in [7, 11) is 0. The highest BCUT2D eigenvalue weighted by Crippen LogP contribution is 2.20. The molecule has 2 heterocycles. The molecule has 0 saturated carbocycles. The van der Waals surface area contributed by atoms with E-state index in [0.29, 0.717) is 16.7 Å². The first-order valence-corrected chi connectivity index (χ1v) is 7.32. The first-order valence-electron chi connectivity index (χ1n) is 7.32. The highest BCUT2D eigenvalue weighted by atomic mass is 16.3. The van der Waals surface area contributed by atoms with Gasteiger partial charge in [-0.15, -0.1) is 0 Å². The Hall–Kier alpha value is -3.65. The quantitative estimate of drug-likeness (QED) is 0.548. The van der Waals surface area contributed by atoms with Gasteiger partial charge in [0.1, 0.15) is 17.1 Å². The molecule has 0 saturated heterocycles. The molecule has 0 bridgehead atoms. The van der Waals surface area contributed by atoms with E-state index in [1.165, 1.54) is 10.6 Å². The first-order chi connectivity index (χ1) is 11.7. The van der Waals surface area contributed by atoms with E-state index in [1.54, 1.807) is 36.4 Å². The van der Waals surface area contributed by atoms with Gasteiger partial charge in [0.2, 0.25) is 11.1 Å². The van der Waals surface area contributed by atoms with Crippen LogP contribution in [0.5, 0.6) is 0 Å². The lowest BCUT2D eigenvalue weighted by Crippen LogP contribution is -2.23. The zero-order valence-corrected chi connectivity index (χ0v) is 12.5. The molecule has 0 amide bonds. The predicted molar refractivity (Wildman–Crippen MR) is 89.9 cm³/mol. The van der Waals surface area contributed by atoms with Gasteiger partial charge in [-0.25, -0.2) is 0 Å². The predicted octanol–water partition coefficient (Wildman–Crippen LogP) is 3.09. The molecule has 0 aliphatic heterocycles. The molecular weight excluding hydrogens is 302 g/mol. The van der Waals surface area contributed by atoms with Crippen molar-refractivity contribution in [2.75, 3.05) is 0 Å². The van der Waals surface area contributed by atoms with Gasteiger partial charge in [0.05, 0.1) is 22.0 Å². The fraction of sp³-hybridized carbons (Fsp3) is 0. The molecule has 0 fully saturated rings.